The number of rotatable bonds is 3. The quantitative estimate of drug-likeness (QED) is 0.696. The molecule has 104 valence electrons. The topological polar surface area (TPSA) is 92.7 Å². The van der Waals surface area contributed by atoms with Gasteiger partial charge in [0.05, 0.1) is 29.6 Å². The fourth-order valence-corrected chi connectivity index (χ4v) is 4.19. The summed E-state index contributed by atoms with van der Waals surface area (Å²) in [6.45, 7) is 0.870. The van der Waals surface area contributed by atoms with Gasteiger partial charge in [0.1, 0.15) is 0 Å². The lowest BCUT2D eigenvalue weighted by molar-refractivity contribution is -0.128. The van der Waals surface area contributed by atoms with Gasteiger partial charge in [-0.3, -0.25) is 4.79 Å². The van der Waals surface area contributed by atoms with Crippen molar-refractivity contribution in [2.75, 3.05) is 31.3 Å². The van der Waals surface area contributed by atoms with E-state index < -0.39 is 21.3 Å². The Balaban J connectivity index is 1.98. The number of hydrogen-bond acceptors (Lipinski definition) is 5. The molecule has 2 aliphatic heterocycles. The summed E-state index contributed by atoms with van der Waals surface area (Å²) < 4.78 is 27.9. The summed E-state index contributed by atoms with van der Waals surface area (Å²) in [5.74, 6) is -0.717. The van der Waals surface area contributed by atoms with E-state index in [0.29, 0.717) is 32.5 Å². The number of nitrogens with one attached hydrogen (secondary N) is 1. The van der Waals surface area contributed by atoms with E-state index in [0.717, 1.165) is 0 Å². The molecule has 2 saturated heterocycles. The van der Waals surface area contributed by atoms with E-state index in [1.165, 1.54) is 0 Å². The third-order valence-corrected chi connectivity index (χ3v) is 5.51. The molecule has 0 aromatic carbocycles. The summed E-state index contributed by atoms with van der Waals surface area (Å²) in [6.07, 6.45) is 1.51. The van der Waals surface area contributed by atoms with E-state index in [1.54, 1.807) is 0 Å². The highest BCUT2D eigenvalue weighted by molar-refractivity contribution is 7.91. The molecule has 1 amide bonds. The lowest BCUT2D eigenvalue weighted by atomic mass is 9.90. The first-order valence-electron chi connectivity index (χ1n) is 6.17. The largest absolute Gasteiger partial charge is 0.394 e. The van der Waals surface area contributed by atoms with Gasteiger partial charge in [0.15, 0.2) is 9.84 Å². The van der Waals surface area contributed by atoms with Crippen molar-refractivity contribution in [1.82, 2.24) is 5.32 Å². The first kappa shape index (κ1) is 13.8. The van der Waals surface area contributed by atoms with E-state index in [1.807, 2.05) is 0 Å². The van der Waals surface area contributed by atoms with E-state index in [-0.39, 0.29) is 24.0 Å². The second-order valence-corrected chi connectivity index (χ2v) is 7.37. The molecule has 0 aromatic rings. The Morgan fingerprint density at radius 3 is 2.56 bits per heavy atom. The average molecular weight is 277 g/mol. The number of aliphatic hydroxyl groups is 1. The van der Waals surface area contributed by atoms with Gasteiger partial charge >= 0.3 is 0 Å². The second kappa shape index (κ2) is 5.14. The third kappa shape index (κ3) is 3.02. The van der Waals surface area contributed by atoms with Gasteiger partial charge in [0.2, 0.25) is 5.91 Å². The monoisotopic (exact) mass is 277 g/mol. The number of sulfone groups is 1. The van der Waals surface area contributed by atoms with Gasteiger partial charge in [0, 0.05) is 13.2 Å². The molecular formula is C11H19NO5S. The number of aliphatic hydroxyl groups excluding tert-OH is 1. The van der Waals surface area contributed by atoms with Crippen LogP contribution in [-0.4, -0.2) is 56.3 Å². The maximum absolute atomic E-state index is 12.0. The van der Waals surface area contributed by atoms with Crippen LogP contribution in [0.15, 0.2) is 0 Å². The zero-order chi connectivity index (χ0) is 13.2. The molecule has 6 nitrogen and oxygen atoms in total. The fraction of sp³-hybridized carbons (Fsp3) is 0.909. The summed E-state index contributed by atoms with van der Waals surface area (Å²) in [6, 6.07) is 0. The zero-order valence-corrected chi connectivity index (χ0v) is 11.0. The van der Waals surface area contributed by atoms with Gasteiger partial charge in [-0.05, 0) is 19.3 Å². The average Bonchev–Trinajstić information content (AvgIpc) is 2.71. The van der Waals surface area contributed by atoms with Crippen LogP contribution in [0.5, 0.6) is 0 Å². The Bertz CT molecular complexity index is 413. The molecule has 2 heterocycles. The van der Waals surface area contributed by atoms with Crippen molar-refractivity contribution in [3.63, 3.8) is 0 Å². The van der Waals surface area contributed by atoms with Crippen LogP contribution in [0, 0.1) is 5.92 Å². The molecule has 0 radical (unpaired) electrons. The predicted octanol–water partition coefficient (Wildman–Crippen LogP) is -0.921. The van der Waals surface area contributed by atoms with Crippen molar-refractivity contribution in [3.05, 3.63) is 0 Å². The van der Waals surface area contributed by atoms with Crippen LogP contribution in [0.1, 0.15) is 19.3 Å². The molecule has 1 unspecified atom stereocenters. The number of hydrogen-bond donors (Lipinski definition) is 2. The fourth-order valence-electron chi connectivity index (χ4n) is 2.45. The summed E-state index contributed by atoms with van der Waals surface area (Å²) in [5, 5.41) is 12.3. The maximum Gasteiger partial charge on any atom is 0.224 e. The molecule has 1 atom stereocenters. The second-order valence-electron chi connectivity index (χ2n) is 5.14. The molecule has 2 N–H and O–H groups in total. The molecule has 0 aromatic heterocycles. The lowest BCUT2D eigenvalue weighted by Gasteiger charge is -2.37. The Hall–Kier alpha value is -0.660. The Kier molecular flexibility index (Phi) is 3.93. The lowest BCUT2D eigenvalue weighted by Crippen LogP contribution is -2.56. The van der Waals surface area contributed by atoms with Crippen molar-refractivity contribution >= 4 is 15.7 Å². The molecule has 0 bridgehead atoms. The molecular weight excluding hydrogens is 258 g/mol. The van der Waals surface area contributed by atoms with E-state index >= 15 is 0 Å². The Labute approximate surface area is 107 Å². The molecule has 2 aliphatic rings. The van der Waals surface area contributed by atoms with Crippen LogP contribution in [0.4, 0.5) is 0 Å². The third-order valence-electron chi connectivity index (χ3n) is 3.74. The smallest absolute Gasteiger partial charge is 0.224 e. The minimum absolute atomic E-state index is 0.0726. The van der Waals surface area contributed by atoms with Gasteiger partial charge in [-0.15, -0.1) is 0 Å². The standard InChI is InChI=1S/C11H19NO5S/c13-8-11(2-4-17-5-3-11)12-10(14)9-1-6-18(15,16)7-9/h9,13H,1-8H2,(H,12,14). The number of carbonyl (C=O) groups is 1. The van der Waals surface area contributed by atoms with Crippen LogP contribution in [0.2, 0.25) is 0 Å². The molecule has 0 aliphatic carbocycles. The van der Waals surface area contributed by atoms with Crippen LogP contribution < -0.4 is 5.32 Å². The van der Waals surface area contributed by atoms with Gasteiger partial charge < -0.3 is 15.2 Å². The van der Waals surface area contributed by atoms with Crippen LogP contribution >= 0.6 is 0 Å². The molecule has 7 heteroatoms. The van der Waals surface area contributed by atoms with Gasteiger partial charge in [-0.1, -0.05) is 0 Å². The van der Waals surface area contributed by atoms with Crippen molar-refractivity contribution in [1.29, 1.82) is 0 Å². The molecule has 18 heavy (non-hydrogen) atoms. The SMILES string of the molecule is O=C(NC1(CO)CCOCC1)C1CCS(=O)(=O)C1. The normalized spacial score (nSPS) is 29.9. The summed E-state index contributed by atoms with van der Waals surface area (Å²) in [4.78, 5) is 12.0. The minimum atomic E-state index is -3.06. The molecule has 2 fully saturated rings. The molecule has 0 spiro atoms. The number of carbonyl (C=O) groups excluding carboxylic acids is 1. The summed E-state index contributed by atoms with van der Waals surface area (Å²) in [5.41, 5.74) is -0.637. The van der Waals surface area contributed by atoms with Crippen LogP contribution in [0.3, 0.4) is 0 Å². The first-order chi connectivity index (χ1) is 8.46. The zero-order valence-electron chi connectivity index (χ0n) is 10.2. The van der Waals surface area contributed by atoms with Crippen LogP contribution in [-0.2, 0) is 19.4 Å². The molecule has 0 saturated carbocycles. The van der Waals surface area contributed by atoms with E-state index in [2.05, 4.69) is 5.32 Å². The van der Waals surface area contributed by atoms with Gasteiger partial charge in [0.25, 0.3) is 0 Å². The van der Waals surface area contributed by atoms with Gasteiger partial charge in [-0.2, -0.15) is 0 Å². The van der Waals surface area contributed by atoms with Crippen molar-refractivity contribution < 1.29 is 23.1 Å². The number of amides is 1. The maximum atomic E-state index is 12.0. The highest BCUT2D eigenvalue weighted by Gasteiger charge is 2.38. The number of ether oxygens (including phenoxy) is 1. The first-order valence-corrected chi connectivity index (χ1v) is 8.00. The summed E-state index contributed by atoms with van der Waals surface area (Å²) in [7, 11) is -3.06. The van der Waals surface area contributed by atoms with Crippen molar-refractivity contribution in [3.8, 4) is 0 Å². The summed E-state index contributed by atoms with van der Waals surface area (Å²) >= 11 is 0. The van der Waals surface area contributed by atoms with Crippen molar-refractivity contribution in [2.45, 2.75) is 24.8 Å². The van der Waals surface area contributed by atoms with Gasteiger partial charge in [-0.25, -0.2) is 8.42 Å². The predicted molar refractivity (Wildman–Crippen MR) is 64.8 cm³/mol. The highest BCUT2D eigenvalue weighted by atomic mass is 32.2. The minimum Gasteiger partial charge on any atom is -0.394 e. The Morgan fingerprint density at radius 1 is 1.39 bits per heavy atom. The highest BCUT2D eigenvalue weighted by Crippen LogP contribution is 2.23. The van der Waals surface area contributed by atoms with Crippen molar-refractivity contribution in [2.24, 2.45) is 5.92 Å². The Morgan fingerprint density at radius 2 is 2.06 bits per heavy atom. The van der Waals surface area contributed by atoms with Crippen LogP contribution in [0.25, 0.3) is 0 Å². The van der Waals surface area contributed by atoms with E-state index in [9.17, 15) is 18.3 Å². The molecule has 2 rings (SSSR count). The van der Waals surface area contributed by atoms with E-state index in [4.69, 9.17) is 4.74 Å².